The van der Waals surface area contributed by atoms with E-state index < -0.39 is 17.5 Å². The van der Waals surface area contributed by atoms with Crippen LogP contribution in [-0.2, 0) is 11.3 Å². The molecule has 0 spiro atoms. The molecule has 5 nitrogen and oxygen atoms in total. The van der Waals surface area contributed by atoms with Gasteiger partial charge in [0.2, 0.25) is 0 Å². The highest BCUT2D eigenvalue weighted by Gasteiger charge is 2.33. The van der Waals surface area contributed by atoms with E-state index in [2.05, 4.69) is 26.6 Å². The summed E-state index contributed by atoms with van der Waals surface area (Å²) in [6, 6.07) is 7.04. The molecule has 1 atom stereocenters. The highest BCUT2D eigenvalue weighted by atomic mass is 79.9. The highest BCUT2D eigenvalue weighted by Crippen LogP contribution is 2.16. The maximum atomic E-state index is 11.8. The van der Waals surface area contributed by atoms with Crippen LogP contribution in [-0.4, -0.2) is 22.6 Å². The van der Waals surface area contributed by atoms with Crippen molar-refractivity contribution in [3.05, 3.63) is 34.3 Å². The van der Waals surface area contributed by atoms with Crippen LogP contribution in [0.5, 0.6) is 0 Å². The number of carboxylic acid groups (broad SMARTS) is 1. The van der Waals surface area contributed by atoms with Gasteiger partial charge in [0, 0.05) is 11.0 Å². The third kappa shape index (κ3) is 4.52. The Labute approximate surface area is 126 Å². The fourth-order valence-corrected chi connectivity index (χ4v) is 2.26. The lowest BCUT2D eigenvalue weighted by molar-refractivity contribution is -0.144. The number of hydrogen-bond donors (Lipinski definition) is 3. The summed E-state index contributed by atoms with van der Waals surface area (Å²) < 4.78 is 0.898. The molecule has 0 bridgehead atoms. The largest absolute Gasteiger partial charge is 0.480 e. The number of carboxylic acids is 1. The molecule has 0 heterocycles. The second kappa shape index (κ2) is 7.28. The normalized spacial score (nSPS) is 13.3. The maximum absolute atomic E-state index is 11.8. The number of carbonyl (C=O) groups excluding carboxylic acids is 1. The average Bonchev–Trinajstić information content (AvgIpc) is 2.38. The van der Waals surface area contributed by atoms with Gasteiger partial charge in [-0.05, 0) is 25.0 Å². The Morgan fingerprint density at radius 2 is 2.00 bits per heavy atom. The van der Waals surface area contributed by atoms with Crippen molar-refractivity contribution >= 4 is 27.9 Å². The highest BCUT2D eigenvalue weighted by molar-refractivity contribution is 9.10. The molecule has 0 radical (unpaired) electrons. The molecule has 0 saturated heterocycles. The molecule has 0 aromatic heterocycles. The zero-order valence-corrected chi connectivity index (χ0v) is 13.2. The van der Waals surface area contributed by atoms with Crippen molar-refractivity contribution in [1.29, 1.82) is 0 Å². The number of amides is 2. The predicted molar refractivity (Wildman–Crippen MR) is 80.5 cm³/mol. The number of hydrogen-bond acceptors (Lipinski definition) is 2. The van der Waals surface area contributed by atoms with Crippen LogP contribution >= 0.6 is 15.9 Å². The van der Waals surface area contributed by atoms with Gasteiger partial charge in [-0.2, -0.15) is 0 Å². The number of nitrogens with one attached hydrogen (secondary N) is 2. The van der Waals surface area contributed by atoms with Crippen molar-refractivity contribution in [2.45, 2.75) is 38.8 Å². The van der Waals surface area contributed by atoms with E-state index in [1.165, 1.54) is 6.92 Å². The summed E-state index contributed by atoms with van der Waals surface area (Å²) in [6.07, 6.45) is 1.05. The standard InChI is InChI=1S/C14H19BrN2O3/c1-3-8-14(2,12(18)19)17-13(20)16-9-10-6-4-5-7-11(10)15/h4-7H,3,8-9H2,1-2H3,(H,18,19)(H2,16,17,20). The molecule has 1 unspecified atom stereocenters. The maximum Gasteiger partial charge on any atom is 0.329 e. The van der Waals surface area contributed by atoms with Gasteiger partial charge in [-0.3, -0.25) is 0 Å². The molecular weight excluding hydrogens is 324 g/mol. The summed E-state index contributed by atoms with van der Waals surface area (Å²) in [4.78, 5) is 23.0. The number of rotatable bonds is 6. The lowest BCUT2D eigenvalue weighted by Gasteiger charge is -2.25. The third-order valence-electron chi connectivity index (χ3n) is 3.01. The second-order valence-electron chi connectivity index (χ2n) is 4.79. The molecule has 6 heteroatoms. The summed E-state index contributed by atoms with van der Waals surface area (Å²) in [7, 11) is 0. The van der Waals surface area contributed by atoms with E-state index in [-0.39, 0.29) is 0 Å². The SMILES string of the molecule is CCCC(C)(NC(=O)NCc1ccccc1Br)C(=O)O. The van der Waals surface area contributed by atoms with E-state index in [1.807, 2.05) is 31.2 Å². The Hall–Kier alpha value is -1.56. The van der Waals surface area contributed by atoms with Gasteiger partial charge in [-0.15, -0.1) is 0 Å². The van der Waals surface area contributed by atoms with E-state index in [4.69, 9.17) is 0 Å². The predicted octanol–water partition coefficient (Wildman–Crippen LogP) is 2.89. The van der Waals surface area contributed by atoms with Gasteiger partial charge < -0.3 is 15.7 Å². The number of urea groups is 1. The molecule has 110 valence electrons. The molecule has 0 aliphatic rings. The Balaban J connectivity index is 2.59. The lowest BCUT2D eigenvalue weighted by atomic mass is 9.97. The first-order valence-electron chi connectivity index (χ1n) is 6.42. The van der Waals surface area contributed by atoms with Crippen molar-refractivity contribution in [1.82, 2.24) is 10.6 Å². The zero-order chi connectivity index (χ0) is 15.2. The topological polar surface area (TPSA) is 78.4 Å². The molecular formula is C14H19BrN2O3. The van der Waals surface area contributed by atoms with Crippen LogP contribution in [0.15, 0.2) is 28.7 Å². The Bertz CT molecular complexity index is 493. The van der Waals surface area contributed by atoms with Crippen LogP contribution in [0.25, 0.3) is 0 Å². The van der Waals surface area contributed by atoms with Crippen LogP contribution in [0.1, 0.15) is 32.3 Å². The van der Waals surface area contributed by atoms with Gasteiger partial charge in [-0.1, -0.05) is 47.5 Å². The van der Waals surface area contributed by atoms with Crippen LogP contribution in [0.2, 0.25) is 0 Å². The first-order chi connectivity index (χ1) is 9.39. The fourth-order valence-electron chi connectivity index (χ4n) is 1.83. The van der Waals surface area contributed by atoms with Gasteiger partial charge in [0.15, 0.2) is 0 Å². The molecule has 1 aromatic rings. The molecule has 0 aliphatic carbocycles. The quantitative estimate of drug-likeness (QED) is 0.743. The fraction of sp³-hybridized carbons (Fsp3) is 0.429. The number of carbonyl (C=O) groups is 2. The summed E-state index contributed by atoms with van der Waals surface area (Å²) in [5.41, 5.74) is -0.317. The molecule has 3 N–H and O–H groups in total. The number of benzene rings is 1. The van der Waals surface area contributed by atoms with Crippen LogP contribution in [0.4, 0.5) is 4.79 Å². The number of halogens is 1. The minimum absolute atomic E-state index is 0.328. The van der Waals surface area contributed by atoms with Crippen LogP contribution in [0, 0.1) is 0 Å². The molecule has 0 aliphatic heterocycles. The van der Waals surface area contributed by atoms with Crippen molar-refractivity contribution in [2.24, 2.45) is 0 Å². The van der Waals surface area contributed by atoms with Gasteiger partial charge >= 0.3 is 12.0 Å². The zero-order valence-electron chi connectivity index (χ0n) is 11.6. The molecule has 0 fully saturated rings. The third-order valence-corrected chi connectivity index (χ3v) is 3.78. The summed E-state index contributed by atoms with van der Waals surface area (Å²) in [5, 5.41) is 14.4. The van der Waals surface area contributed by atoms with Crippen LogP contribution < -0.4 is 10.6 Å². The molecule has 1 rings (SSSR count). The van der Waals surface area contributed by atoms with E-state index in [0.29, 0.717) is 19.4 Å². The van der Waals surface area contributed by atoms with Crippen molar-refractivity contribution in [3.63, 3.8) is 0 Å². The monoisotopic (exact) mass is 342 g/mol. The van der Waals surface area contributed by atoms with Gasteiger partial charge in [0.1, 0.15) is 5.54 Å². The molecule has 1 aromatic carbocycles. The van der Waals surface area contributed by atoms with Crippen LogP contribution in [0.3, 0.4) is 0 Å². The Morgan fingerprint density at radius 1 is 1.35 bits per heavy atom. The molecule has 20 heavy (non-hydrogen) atoms. The van der Waals surface area contributed by atoms with Crippen molar-refractivity contribution in [2.75, 3.05) is 0 Å². The molecule has 2 amide bonds. The van der Waals surface area contributed by atoms with E-state index in [9.17, 15) is 14.7 Å². The summed E-state index contributed by atoms with van der Waals surface area (Å²) in [6.45, 7) is 3.72. The first-order valence-corrected chi connectivity index (χ1v) is 7.21. The van der Waals surface area contributed by atoms with Crippen molar-refractivity contribution < 1.29 is 14.7 Å². The minimum atomic E-state index is -1.24. The summed E-state index contributed by atoms with van der Waals surface area (Å²) in [5.74, 6) is -1.03. The van der Waals surface area contributed by atoms with E-state index in [1.54, 1.807) is 0 Å². The first kappa shape index (κ1) is 16.5. The lowest BCUT2D eigenvalue weighted by Crippen LogP contribution is -2.55. The smallest absolute Gasteiger partial charge is 0.329 e. The average molecular weight is 343 g/mol. The Kier molecular flexibility index (Phi) is 6.01. The van der Waals surface area contributed by atoms with Gasteiger partial charge in [0.05, 0.1) is 0 Å². The Morgan fingerprint density at radius 3 is 2.55 bits per heavy atom. The van der Waals surface area contributed by atoms with E-state index in [0.717, 1.165) is 10.0 Å². The second-order valence-corrected chi connectivity index (χ2v) is 5.64. The van der Waals surface area contributed by atoms with Gasteiger partial charge in [-0.25, -0.2) is 9.59 Å². The van der Waals surface area contributed by atoms with E-state index >= 15 is 0 Å². The summed E-state index contributed by atoms with van der Waals surface area (Å²) >= 11 is 3.39. The minimum Gasteiger partial charge on any atom is -0.480 e. The number of aliphatic carboxylic acids is 1. The van der Waals surface area contributed by atoms with Gasteiger partial charge in [0.25, 0.3) is 0 Å². The van der Waals surface area contributed by atoms with Crippen molar-refractivity contribution in [3.8, 4) is 0 Å². The molecule has 0 saturated carbocycles.